The van der Waals surface area contributed by atoms with Gasteiger partial charge in [0.15, 0.2) is 5.52 Å². The van der Waals surface area contributed by atoms with Gasteiger partial charge in [-0.2, -0.15) is 5.10 Å². The van der Waals surface area contributed by atoms with Crippen molar-refractivity contribution in [1.29, 1.82) is 0 Å². The Morgan fingerprint density at radius 1 is 0.963 bits per heavy atom. The van der Waals surface area contributed by atoms with Crippen LogP contribution in [0, 0.1) is 0 Å². The van der Waals surface area contributed by atoms with Crippen LogP contribution < -0.4 is 5.56 Å². The van der Waals surface area contributed by atoms with Crippen molar-refractivity contribution in [2.45, 2.75) is 17.3 Å². The first-order valence-corrected chi connectivity index (χ1v) is 9.89. The number of nitrogens with zero attached hydrogens (tertiary/aromatic N) is 3. The lowest BCUT2D eigenvalue weighted by atomic mass is 10.2. The van der Waals surface area contributed by atoms with E-state index in [9.17, 15) is 4.79 Å². The molecular weight excluding hydrogens is 403 g/mol. The highest BCUT2D eigenvalue weighted by Crippen LogP contribution is 2.27. The minimum Gasteiger partial charge on any atom is -0.324 e. The van der Waals surface area contributed by atoms with Crippen molar-refractivity contribution in [3.63, 3.8) is 0 Å². The van der Waals surface area contributed by atoms with Gasteiger partial charge in [0, 0.05) is 22.3 Å². The molecule has 4 rings (SSSR count). The van der Waals surface area contributed by atoms with Gasteiger partial charge in [-0.15, -0.1) is 0 Å². The molecule has 0 radical (unpaired) electrons. The number of aromatic nitrogens is 4. The van der Waals surface area contributed by atoms with E-state index in [-0.39, 0.29) is 5.56 Å². The van der Waals surface area contributed by atoms with Crippen molar-refractivity contribution < 1.29 is 0 Å². The SMILES string of the molecule is O=c1[nH]nc(SCc2ccc(Cl)cc2)c2c1ncn2Cc1ccc(Cl)cc1. The summed E-state index contributed by atoms with van der Waals surface area (Å²) in [6.45, 7) is 0.577. The van der Waals surface area contributed by atoms with Crippen LogP contribution in [0.2, 0.25) is 10.0 Å². The Bertz CT molecular complexity index is 1140. The quantitative estimate of drug-likeness (QED) is 0.476. The van der Waals surface area contributed by atoms with Gasteiger partial charge < -0.3 is 4.57 Å². The molecule has 0 fully saturated rings. The lowest BCUT2D eigenvalue weighted by Gasteiger charge is -2.08. The van der Waals surface area contributed by atoms with E-state index in [0.717, 1.165) is 21.7 Å². The van der Waals surface area contributed by atoms with Gasteiger partial charge in [0.2, 0.25) is 0 Å². The lowest BCUT2D eigenvalue weighted by Crippen LogP contribution is -2.11. The number of rotatable bonds is 5. The first-order valence-electron chi connectivity index (χ1n) is 8.15. The van der Waals surface area contributed by atoms with Crippen LogP contribution in [-0.2, 0) is 12.3 Å². The topological polar surface area (TPSA) is 63.6 Å². The van der Waals surface area contributed by atoms with E-state index >= 15 is 0 Å². The molecular formula is C19H14Cl2N4OS. The number of halogens is 2. The minimum atomic E-state index is -0.296. The van der Waals surface area contributed by atoms with Gasteiger partial charge in [0.05, 0.1) is 6.33 Å². The zero-order chi connectivity index (χ0) is 18.8. The molecule has 0 aliphatic carbocycles. The standard InChI is InChI=1S/C19H14Cl2N4OS/c20-14-5-1-12(2-6-14)9-25-11-22-16-17(25)19(24-23-18(16)26)27-10-13-3-7-15(21)8-4-13/h1-8,11H,9-10H2,(H,23,26). The van der Waals surface area contributed by atoms with Crippen molar-refractivity contribution in [2.24, 2.45) is 0 Å². The average molecular weight is 417 g/mol. The summed E-state index contributed by atoms with van der Waals surface area (Å²) in [7, 11) is 0. The highest BCUT2D eigenvalue weighted by atomic mass is 35.5. The summed E-state index contributed by atoms with van der Waals surface area (Å²) in [4.78, 5) is 16.4. The molecule has 2 heterocycles. The Balaban J connectivity index is 1.66. The number of fused-ring (bicyclic) bond motifs is 1. The molecule has 1 N–H and O–H groups in total. The van der Waals surface area contributed by atoms with Gasteiger partial charge in [-0.05, 0) is 35.4 Å². The molecule has 0 aliphatic rings. The molecule has 0 spiro atoms. The molecule has 0 bridgehead atoms. The maximum atomic E-state index is 12.1. The third-order valence-corrected chi connectivity index (χ3v) is 5.61. The molecule has 0 saturated heterocycles. The number of imidazole rings is 1. The van der Waals surface area contributed by atoms with Crippen LogP contribution >= 0.6 is 35.0 Å². The van der Waals surface area contributed by atoms with Crippen LogP contribution in [0.25, 0.3) is 11.0 Å². The summed E-state index contributed by atoms with van der Waals surface area (Å²) in [5, 5.41) is 8.89. The fraction of sp³-hybridized carbons (Fsp3) is 0.105. The highest BCUT2D eigenvalue weighted by molar-refractivity contribution is 7.98. The smallest absolute Gasteiger partial charge is 0.292 e. The maximum Gasteiger partial charge on any atom is 0.292 e. The van der Waals surface area contributed by atoms with Gasteiger partial charge in [-0.3, -0.25) is 4.79 Å². The number of hydrogen-bond donors (Lipinski definition) is 1. The Labute approximate surface area is 169 Å². The second kappa shape index (κ2) is 7.76. The van der Waals surface area contributed by atoms with Gasteiger partial charge in [-0.1, -0.05) is 59.2 Å². The summed E-state index contributed by atoms with van der Waals surface area (Å²) in [5.74, 6) is 0.706. The normalized spacial score (nSPS) is 11.2. The zero-order valence-corrected chi connectivity index (χ0v) is 16.4. The molecule has 0 atom stereocenters. The van der Waals surface area contributed by atoms with Crippen LogP contribution in [0.15, 0.2) is 64.7 Å². The van der Waals surface area contributed by atoms with Gasteiger partial charge in [0.1, 0.15) is 10.5 Å². The Morgan fingerprint density at radius 2 is 1.59 bits per heavy atom. The number of benzene rings is 2. The van der Waals surface area contributed by atoms with Crippen LogP contribution in [0.1, 0.15) is 11.1 Å². The van der Waals surface area contributed by atoms with E-state index in [4.69, 9.17) is 23.2 Å². The average Bonchev–Trinajstić information content (AvgIpc) is 3.09. The molecule has 0 saturated carbocycles. The Kier molecular flexibility index (Phi) is 5.20. The third-order valence-electron chi connectivity index (χ3n) is 4.07. The Morgan fingerprint density at radius 3 is 2.26 bits per heavy atom. The van der Waals surface area contributed by atoms with E-state index < -0.39 is 0 Å². The van der Waals surface area contributed by atoms with Crippen molar-refractivity contribution >= 4 is 46.0 Å². The minimum absolute atomic E-state index is 0.296. The number of aromatic amines is 1. The summed E-state index contributed by atoms with van der Waals surface area (Å²) in [6.07, 6.45) is 1.67. The van der Waals surface area contributed by atoms with Crippen molar-refractivity contribution in [2.75, 3.05) is 0 Å². The van der Waals surface area contributed by atoms with Gasteiger partial charge in [-0.25, -0.2) is 10.1 Å². The molecule has 0 unspecified atom stereocenters. The van der Waals surface area contributed by atoms with E-state index in [1.54, 1.807) is 18.1 Å². The summed E-state index contributed by atoms with van der Waals surface area (Å²) >= 11 is 13.4. The van der Waals surface area contributed by atoms with Gasteiger partial charge >= 0.3 is 0 Å². The first kappa shape index (κ1) is 18.1. The fourth-order valence-electron chi connectivity index (χ4n) is 2.72. The molecule has 0 aliphatic heterocycles. The van der Waals surface area contributed by atoms with Crippen LogP contribution in [-0.4, -0.2) is 19.7 Å². The second-order valence-electron chi connectivity index (χ2n) is 5.97. The van der Waals surface area contributed by atoms with E-state index in [0.29, 0.717) is 27.9 Å². The molecule has 4 aromatic rings. The largest absolute Gasteiger partial charge is 0.324 e. The number of thioether (sulfide) groups is 1. The Hall–Kier alpha value is -2.28. The summed E-state index contributed by atoms with van der Waals surface area (Å²) < 4.78 is 1.94. The van der Waals surface area contributed by atoms with Crippen molar-refractivity contribution in [3.05, 3.63) is 86.4 Å². The molecule has 2 aromatic heterocycles. The number of nitrogens with one attached hydrogen (secondary N) is 1. The van der Waals surface area contributed by atoms with Crippen LogP contribution in [0.4, 0.5) is 0 Å². The maximum absolute atomic E-state index is 12.1. The molecule has 27 heavy (non-hydrogen) atoms. The predicted molar refractivity (Wildman–Crippen MR) is 110 cm³/mol. The van der Waals surface area contributed by atoms with Crippen molar-refractivity contribution in [1.82, 2.24) is 19.7 Å². The monoisotopic (exact) mass is 416 g/mol. The number of H-pyrrole nitrogens is 1. The first-order chi connectivity index (χ1) is 13.1. The summed E-state index contributed by atoms with van der Waals surface area (Å²) in [6, 6.07) is 15.3. The predicted octanol–water partition coefficient (Wildman–Crippen LogP) is 4.77. The fourth-order valence-corrected chi connectivity index (χ4v) is 3.93. The van der Waals surface area contributed by atoms with Crippen LogP contribution in [0.3, 0.4) is 0 Å². The summed E-state index contributed by atoms with van der Waals surface area (Å²) in [5.41, 5.74) is 3.00. The molecule has 8 heteroatoms. The number of hydrogen-bond acceptors (Lipinski definition) is 4. The van der Waals surface area contributed by atoms with E-state index in [1.807, 2.05) is 53.1 Å². The van der Waals surface area contributed by atoms with E-state index in [1.165, 1.54) is 0 Å². The lowest BCUT2D eigenvalue weighted by molar-refractivity contribution is 0.805. The molecule has 5 nitrogen and oxygen atoms in total. The molecule has 136 valence electrons. The third kappa shape index (κ3) is 4.03. The van der Waals surface area contributed by atoms with Gasteiger partial charge in [0.25, 0.3) is 5.56 Å². The molecule has 0 amide bonds. The van der Waals surface area contributed by atoms with Crippen LogP contribution in [0.5, 0.6) is 0 Å². The second-order valence-corrected chi connectivity index (χ2v) is 7.81. The van der Waals surface area contributed by atoms with Crippen molar-refractivity contribution in [3.8, 4) is 0 Å². The van der Waals surface area contributed by atoms with E-state index in [2.05, 4.69) is 15.2 Å². The molecule has 2 aromatic carbocycles. The zero-order valence-electron chi connectivity index (χ0n) is 14.0. The highest BCUT2D eigenvalue weighted by Gasteiger charge is 2.14.